The molecule has 0 rings (SSSR count). The molecule has 0 heterocycles. The van der Waals surface area contributed by atoms with Crippen molar-refractivity contribution in [1.29, 1.82) is 0 Å². The molecule has 0 aliphatic rings. The molecule has 0 N–H and O–H groups in total. The molecule has 13 heavy (non-hydrogen) atoms. The van der Waals surface area contributed by atoms with Crippen molar-refractivity contribution in [3.63, 3.8) is 0 Å². The van der Waals surface area contributed by atoms with E-state index >= 15 is 0 Å². The van der Waals surface area contributed by atoms with E-state index in [1.807, 2.05) is 6.92 Å². The van der Waals surface area contributed by atoms with Gasteiger partial charge in [-0.25, -0.2) is 0 Å². The molecule has 0 saturated carbocycles. The summed E-state index contributed by atoms with van der Waals surface area (Å²) >= 11 is 0. The van der Waals surface area contributed by atoms with E-state index in [4.69, 9.17) is 0 Å². The summed E-state index contributed by atoms with van der Waals surface area (Å²) < 4.78 is 0. The molecular weight excluding hydrogens is 162 g/mol. The highest BCUT2D eigenvalue weighted by molar-refractivity contribution is 5.77. The number of nitrogens with zero attached hydrogens (tertiary/aromatic N) is 1. The van der Waals surface area contributed by atoms with Gasteiger partial charge in [0, 0.05) is 12.8 Å². The summed E-state index contributed by atoms with van der Waals surface area (Å²) in [5.41, 5.74) is 0. The fourth-order valence-electron chi connectivity index (χ4n) is 1.26. The molecule has 2 nitrogen and oxygen atoms in total. The summed E-state index contributed by atoms with van der Waals surface area (Å²) in [5.74, 6) is 0.392. The van der Waals surface area contributed by atoms with Gasteiger partial charge in [-0.1, -0.05) is 20.3 Å². The van der Waals surface area contributed by atoms with Gasteiger partial charge >= 0.3 is 0 Å². The Morgan fingerprint density at radius 2 is 1.77 bits per heavy atom. The van der Waals surface area contributed by atoms with Gasteiger partial charge in [0.1, 0.15) is 5.78 Å². The van der Waals surface area contributed by atoms with Crippen LogP contribution in [0.1, 0.15) is 46.0 Å². The molecule has 0 atom stereocenters. The van der Waals surface area contributed by atoms with Crippen molar-refractivity contribution in [2.75, 3.05) is 20.1 Å². The number of rotatable bonds is 8. The minimum Gasteiger partial charge on any atom is -0.306 e. The van der Waals surface area contributed by atoms with Crippen molar-refractivity contribution < 1.29 is 4.79 Å². The molecule has 0 radical (unpaired) electrons. The predicted octanol–water partition coefficient (Wildman–Crippen LogP) is 2.48. The number of carbonyl (C=O) groups excluding carboxylic acids is 1. The van der Waals surface area contributed by atoms with Crippen LogP contribution in [-0.2, 0) is 4.79 Å². The minimum absolute atomic E-state index is 0.392. The van der Waals surface area contributed by atoms with Crippen molar-refractivity contribution in [1.82, 2.24) is 4.90 Å². The molecule has 2 heteroatoms. The van der Waals surface area contributed by atoms with E-state index < -0.39 is 0 Å². The quantitative estimate of drug-likeness (QED) is 0.579. The number of carbonyl (C=O) groups is 1. The Labute approximate surface area is 82.3 Å². The lowest BCUT2D eigenvalue weighted by molar-refractivity contribution is -0.118. The van der Waals surface area contributed by atoms with Crippen LogP contribution in [-0.4, -0.2) is 30.8 Å². The van der Waals surface area contributed by atoms with Crippen LogP contribution in [0.25, 0.3) is 0 Å². The third-order valence-corrected chi connectivity index (χ3v) is 2.28. The van der Waals surface area contributed by atoms with Gasteiger partial charge in [-0.05, 0) is 33.0 Å². The molecule has 0 aliphatic carbocycles. The van der Waals surface area contributed by atoms with Crippen LogP contribution in [0.5, 0.6) is 0 Å². The molecule has 0 saturated heterocycles. The maximum absolute atomic E-state index is 11.0. The number of ketones is 1. The van der Waals surface area contributed by atoms with E-state index in [2.05, 4.69) is 18.9 Å². The lowest BCUT2D eigenvalue weighted by Gasteiger charge is -2.15. The summed E-state index contributed by atoms with van der Waals surface area (Å²) in [5, 5.41) is 0. The van der Waals surface area contributed by atoms with Crippen LogP contribution < -0.4 is 0 Å². The zero-order valence-electron chi connectivity index (χ0n) is 9.31. The topological polar surface area (TPSA) is 20.3 Å². The lowest BCUT2D eigenvalue weighted by Crippen LogP contribution is -2.21. The van der Waals surface area contributed by atoms with Crippen molar-refractivity contribution in [3.05, 3.63) is 0 Å². The largest absolute Gasteiger partial charge is 0.306 e. The Bertz CT molecular complexity index is 134. The highest BCUT2D eigenvalue weighted by Crippen LogP contribution is 1.98. The Morgan fingerprint density at radius 1 is 1.15 bits per heavy atom. The average Bonchev–Trinajstić information content (AvgIpc) is 2.14. The standard InChI is InChI=1S/C11H23NO/c1-4-6-9-12(3)10-7-8-11(13)5-2/h4-10H2,1-3H3. The van der Waals surface area contributed by atoms with Crippen LogP contribution in [0.2, 0.25) is 0 Å². The van der Waals surface area contributed by atoms with Gasteiger partial charge < -0.3 is 4.90 Å². The fraction of sp³-hybridized carbons (Fsp3) is 0.909. The Hall–Kier alpha value is -0.370. The average molecular weight is 185 g/mol. The second kappa shape index (κ2) is 8.24. The molecule has 0 spiro atoms. The first-order valence-corrected chi connectivity index (χ1v) is 5.41. The third-order valence-electron chi connectivity index (χ3n) is 2.28. The van der Waals surface area contributed by atoms with Crippen molar-refractivity contribution >= 4 is 5.78 Å². The van der Waals surface area contributed by atoms with Gasteiger partial charge in [-0.15, -0.1) is 0 Å². The van der Waals surface area contributed by atoms with E-state index in [0.717, 1.165) is 25.9 Å². The molecule has 0 aromatic heterocycles. The molecule has 0 fully saturated rings. The molecule has 0 unspecified atom stereocenters. The van der Waals surface area contributed by atoms with Crippen molar-refractivity contribution in [3.8, 4) is 0 Å². The Kier molecular flexibility index (Phi) is 8.00. The zero-order valence-corrected chi connectivity index (χ0v) is 9.31. The van der Waals surface area contributed by atoms with Gasteiger partial charge in [0.15, 0.2) is 0 Å². The molecule has 78 valence electrons. The van der Waals surface area contributed by atoms with Gasteiger partial charge in [0.05, 0.1) is 0 Å². The molecule has 0 bridgehead atoms. The molecule has 0 amide bonds. The first kappa shape index (κ1) is 12.6. The molecular formula is C11H23NO. The van der Waals surface area contributed by atoms with Gasteiger partial charge in [0.25, 0.3) is 0 Å². The maximum atomic E-state index is 11.0. The van der Waals surface area contributed by atoms with E-state index in [1.165, 1.54) is 12.8 Å². The fourth-order valence-corrected chi connectivity index (χ4v) is 1.26. The van der Waals surface area contributed by atoms with E-state index in [0.29, 0.717) is 12.2 Å². The summed E-state index contributed by atoms with van der Waals surface area (Å²) in [6, 6.07) is 0. The van der Waals surface area contributed by atoms with Gasteiger partial charge in [-0.3, -0.25) is 4.79 Å². The first-order chi connectivity index (χ1) is 6.20. The van der Waals surface area contributed by atoms with Crippen LogP contribution in [0.15, 0.2) is 0 Å². The number of unbranched alkanes of at least 4 members (excludes halogenated alkanes) is 1. The van der Waals surface area contributed by atoms with Crippen molar-refractivity contribution in [2.24, 2.45) is 0 Å². The number of hydrogen-bond acceptors (Lipinski definition) is 2. The van der Waals surface area contributed by atoms with E-state index in [-0.39, 0.29) is 0 Å². The highest BCUT2D eigenvalue weighted by atomic mass is 16.1. The predicted molar refractivity (Wildman–Crippen MR) is 56.9 cm³/mol. The molecule has 0 aromatic rings. The smallest absolute Gasteiger partial charge is 0.132 e. The second-order valence-electron chi connectivity index (χ2n) is 3.65. The molecule has 0 aromatic carbocycles. The van der Waals surface area contributed by atoms with Gasteiger partial charge in [-0.2, -0.15) is 0 Å². The summed E-state index contributed by atoms with van der Waals surface area (Å²) in [4.78, 5) is 13.3. The monoisotopic (exact) mass is 185 g/mol. The number of Topliss-reactive ketones (excluding diaryl/α,β-unsaturated/α-hetero) is 1. The zero-order chi connectivity index (χ0) is 10.1. The normalized spacial score (nSPS) is 10.8. The summed E-state index contributed by atoms with van der Waals surface area (Å²) in [6.07, 6.45) is 4.98. The second-order valence-corrected chi connectivity index (χ2v) is 3.65. The molecule has 0 aliphatic heterocycles. The van der Waals surface area contributed by atoms with E-state index in [1.54, 1.807) is 0 Å². The highest BCUT2D eigenvalue weighted by Gasteiger charge is 2.00. The Morgan fingerprint density at radius 3 is 2.31 bits per heavy atom. The van der Waals surface area contributed by atoms with Gasteiger partial charge in [0.2, 0.25) is 0 Å². The maximum Gasteiger partial charge on any atom is 0.132 e. The summed E-state index contributed by atoms with van der Waals surface area (Å²) in [6.45, 7) is 6.36. The SMILES string of the molecule is CCCCN(C)CCCC(=O)CC. The lowest BCUT2D eigenvalue weighted by atomic mass is 10.2. The van der Waals surface area contributed by atoms with Crippen LogP contribution in [0.3, 0.4) is 0 Å². The third kappa shape index (κ3) is 7.97. The van der Waals surface area contributed by atoms with Crippen LogP contribution in [0, 0.1) is 0 Å². The van der Waals surface area contributed by atoms with Crippen molar-refractivity contribution in [2.45, 2.75) is 46.0 Å². The number of hydrogen-bond donors (Lipinski definition) is 0. The van der Waals surface area contributed by atoms with Crippen LogP contribution in [0.4, 0.5) is 0 Å². The summed E-state index contributed by atoms with van der Waals surface area (Å²) in [7, 11) is 2.13. The van der Waals surface area contributed by atoms with E-state index in [9.17, 15) is 4.79 Å². The Balaban J connectivity index is 3.26. The first-order valence-electron chi connectivity index (χ1n) is 5.41. The van der Waals surface area contributed by atoms with Crippen LogP contribution >= 0.6 is 0 Å². The minimum atomic E-state index is 0.392.